The first-order valence-electron chi connectivity index (χ1n) is 6.31. The van der Waals surface area contributed by atoms with Gasteiger partial charge in [0.15, 0.2) is 5.13 Å². The van der Waals surface area contributed by atoms with Gasteiger partial charge in [-0.3, -0.25) is 4.79 Å². The smallest absolute Gasteiger partial charge is 0.231 e. The molecular formula is C13H15N3O2S. The SMILES string of the molecule is CCOc1ccc2nc(NC(=O)C3CNC3)sc2c1. The molecule has 2 heterocycles. The Labute approximate surface area is 115 Å². The van der Waals surface area contributed by atoms with E-state index in [2.05, 4.69) is 15.6 Å². The summed E-state index contributed by atoms with van der Waals surface area (Å²) in [5.41, 5.74) is 0.885. The van der Waals surface area contributed by atoms with E-state index in [-0.39, 0.29) is 11.8 Å². The van der Waals surface area contributed by atoms with E-state index in [1.807, 2.05) is 25.1 Å². The highest BCUT2D eigenvalue weighted by molar-refractivity contribution is 7.22. The summed E-state index contributed by atoms with van der Waals surface area (Å²) in [6, 6.07) is 5.77. The van der Waals surface area contributed by atoms with E-state index in [4.69, 9.17) is 4.74 Å². The summed E-state index contributed by atoms with van der Waals surface area (Å²) < 4.78 is 6.47. The predicted octanol–water partition coefficient (Wildman–Crippen LogP) is 1.85. The zero-order valence-corrected chi connectivity index (χ0v) is 11.4. The second-order valence-electron chi connectivity index (χ2n) is 4.43. The number of hydrogen-bond acceptors (Lipinski definition) is 5. The Morgan fingerprint density at radius 1 is 1.58 bits per heavy atom. The fourth-order valence-electron chi connectivity index (χ4n) is 1.90. The summed E-state index contributed by atoms with van der Waals surface area (Å²) in [6.45, 7) is 4.11. The number of carbonyl (C=O) groups excluding carboxylic acids is 1. The molecule has 2 N–H and O–H groups in total. The second kappa shape index (κ2) is 5.14. The molecule has 1 aliphatic rings. The van der Waals surface area contributed by atoms with Crippen molar-refractivity contribution in [3.63, 3.8) is 0 Å². The number of nitrogens with zero attached hydrogens (tertiary/aromatic N) is 1. The van der Waals surface area contributed by atoms with Crippen molar-refractivity contribution < 1.29 is 9.53 Å². The van der Waals surface area contributed by atoms with Crippen LogP contribution in [0.15, 0.2) is 18.2 Å². The summed E-state index contributed by atoms with van der Waals surface area (Å²) >= 11 is 1.47. The Morgan fingerprint density at radius 3 is 3.11 bits per heavy atom. The lowest BCUT2D eigenvalue weighted by Crippen LogP contribution is -2.48. The molecule has 0 saturated carbocycles. The van der Waals surface area contributed by atoms with E-state index in [0.717, 1.165) is 29.1 Å². The number of hydrogen-bond donors (Lipinski definition) is 2. The molecule has 5 nitrogen and oxygen atoms in total. The van der Waals surface area contributed by atoms with E-state index in [1.165, 1.54) is 11.3 Å². The molecule has 0 atom stereocenters. The third kappa shape index (κ3) is 2.54. The van der Waals surface area contributed by atoms with Gasteiger partial charge in [-0.25, -0.2) is 4.98 Å². The van der Waals surface area contributed by atoms with Crippen molar-refractivity contribution in [3.8, 4) is 5.75 Å². The molecule has 1 aromatic heterocycles. The van der Waals surface area contributed by atoms with Crippen LogP contribution in [0.3, 0.4) is 0 Å². The minimum Gasteiger partial charge on any atom is -0.494 e. The van der Waals surface area contributed by atoms with Gasteiger partial charge in [-0.2, -0.15) is 0 Å². The van der Waals surface area contributed by atoms with E-state index >= 15 is 0 Å². The average Bonchev–Trinajstić information content (AvgIpc) is 2.68. The lowest BCUT2D eigenvalue weighted by Gasteiger charge is -2.25. The summed E-state index contributed by atoms with van der Waals surface area (Å²) in [5, 5.41) is 6.61. The number of ether oxygens (including phenoxy) is 1. The van der Waals surface area contributed by atoms with Crippen molar-refractivity contribution in [1.29, 1.82) is 0 Å². The van der Waals surface area contributed by atoms with E-state index in [1.54, 1.807) is 0 Å². The monoisotopic (exact) mass is 277 g/mol. The summed E-state index contributed by atoms with van der Waals surface area (Å²) in [4.78, 5) is 16.2. The molecular weight excluding hydrogens is 262 g/mol. The third-order valence-electron chi connectivity index (χ3n) is 3.05. The van der Waals surface area contributed by atoms with Crippen molar-refractivity contribution in [3.05, 3.63) is 18.2 Å². The van der Waals surface area contributed by atoms with Crippen LogP contribution < -0.4 is 15.4 Å². The number of benzene rings is 1. The Kier molecular flexibility index (Phi) is 3.35. The molecule has 6 heteroatoms. The molecule has 1 saturated heterocycles. The van der Waals surface area contributed by atoms with Crippen LogP contribution in [0.25, 0.3) is 10.2 Å². The summed E-state index contributed by atoms with van der Waals surface area (Å²) in [5.74, 6) is 0.952. The van der Waals surface area contributed by atoms with E-state index < -0.39 is 0 Å². The Bertz CT molecular complexity index is 607. The van der Waals surface area contributed by atoms with Gasteiger partial charge < -0.3 is 15.4 Å². The van der Waals surface area contributed by atoms with Gasteiger partial charge in [0.05, 0.1) is 22.7 Å². The van der Waals surface area contributed by atoms with Crippen LogP contribution in [0.5, 0.6) is 5.75 Å². The lowest BCUT2D eigenvalue weighted by molar-refractivity contribution is -0.121. The van der Waals surface area contributed by atoms with Crippen LogP contribution >= 0.6 is 11.3 Å². The number of anilines is 1. The standard InChI is InChI=1S/C13H15N3O2S/c1-2-18-9-3-4-10-11(5-9)19-13(15-10)16-12(17)8-6-14-7-8/h3-5,8,14H,2,6-7H2,1H3,(H,15,16,17). The number of carbonyl (C=O) groups is 1. The molecule has 0 spiro atoms. The fraction of sp³-hybridized carbons (Fsp3) is 0.385. The minimum atomic E-state index is 0.0443. The number of thiazole rings is 1. The van der Waals surface area contributed by atoms with Gasteiger partial charge in [0.2, 0.25) is 5.91 Å². The number of aromatic nitrogens is 1. The van der Waals surface area contributed by atoms with Gasteiger partial charge in [-0.15, -0.1) is 0 Å². The molecule has 0 unspecified atom stereocenters. The van der Waals surface area contributed by atoms with Gasteiger partial charge in [0.1, 0.15) is 5.75 Å². The topological polar surface area (TPSA) is 63.2 Å². The lowest BCUT2D eigenvalue weighted by atomic mass is 10.0. The Balaban J connectivity index is 1.78. The van der Waals surface area contributed by atoms with Crippen LogP contribution in [0.2, 0.25) is 0 Å². The largest absolute Gasteiger partial charge is 0.494 e. The Morgan fingerprint density at radius 2 is 2.42 bits per heavy atom. The highest BCUT2D eigenvalue weighted by Gasteiger charge is 2.25. The molecule has 1 fully saturated rings. The molecule has 1 aliphatic heterocycles. The quantitative estimate of drug-likeness (QED) is 0.895. The second-order valence-corrected chi connectivity index (χ2v) is 5.46. The summed E-state index contributed by atoms with van der Waals surface area (Å²) in [7, 11) is 0. The highest BCUT2D eigenvalue weighted by atomic mass is 32.1. The average molecular weight is 277 g/mol. The van der Waals surface area contributed by atoms with Crippen LogP contribution in [0.4, 0.5) is 5.13 Å². The van der Waals surface area contributed by atoms with Crippen molar-refractivity contribution in [2.24, 2.45) is 5.92 Å². The number of fused-ring (bicyclic) bond motifs is 1. The molecule has 3 rings (SSSR count). The van der Waals surface area contributed by atoms with Gasteiger partial charge >= 0.3 is 0 Å². The fourth-order valence-corrected chi connectivity index (χ4v) is 2.79. The molecule has 1 aromatic carbocycles. The van der Waals surface area contributed by atoms with Crippen LogP contribution in [0.1, 0.15) is 6.92 Å². The van der Waals surface area contributed by atoms with Crippen LogP contribution in [-0.4, -0.2) is 30.6 Å². The molecule has 0 radical (unpaired) electrons. The van der Waals surface area contributed by atoms with Gasteiger partial charge in [-0.1, -0.05) is 11.3 Å². The summed E-state index contributed by atoms with van der Waals surface area (Å²) in [6.07, 6.45) is 0. The molecule has 0 aliphatic carbocycles. The van der Waals surface area contributed by atoms with Crippen LogP contribution in [0, 0.1) is 5.92 Å². The first-order chi connectivity index (χ1) is 9.26. The normalized spacial score (nSPS) is 15.2. The van der Waals surface area contributed by atoms with E-state index in [9.17, 15) is 4.79 Å². The number of amides is 1. The van der Waals surface area contributed by atoms with Crippen molar-refractivity contribution >= 4 is 32.6 Å². The minimum absolute atomic E-state index is 0.0443. The molecule has 2 aromatic rings. The highest BCUT2D eigenvalue weighted by Crippen LogP contribution is 2.29. The zero-order valence-electron chi connectivity index (χ0n) is 10.6. The maximum Gasteiger partial charge on any atom is 0.231 e. The first-order valence-corrected chi connectivity index (χ1v) is 7.13. The van der Waals surface area contributed by atoms with Gasteiger partial charge in [-0.05, 0) is 25.1 Å². The maximum atomic E-state index is 11.8. The van der Waals surface area contributed by atoms with Gasteiger partial charge in [0.25, 0.3) is 0 Å². The van der Waals surface area contributed by atoms with E-state index in [0.29, 0.717) is 11.7 Å². The van der Waals surface area contributed by atoms with Crippen molar-refractivity contribution in [1.82, 2.24) is 10.3 Å². The zero-order chi connectivity index (χ0) is 13.2. The first kappa shape index (κ1) is 12.4. The van der Waals surface area contributed by atoms with Crippen molar-refractivity contribution in [2.75, 3.05) is 25.0 Å². The maximum absolute atomic E-state index is 11.8. The molecule has 1 amide bonds. The number of rotatable bonds is 4. The third-order valence-corrected chi connectivity index (χ3v) is 3.99. The predicted molar refractivity (Wildman–Crippen MR) is 75.8 cm³/mol. The molecule has 0 bridgehead atoms. The number of nitrogens with one attached hydrogen (secondary N) is 2. The Hall–Kier alpha value is -1.66. The van der Waals surface area contributed by atoms with Gasteiger partial charge in [0, 0.05) is 13.1 Å². The molecule has 19 heavy (non-hydrogen) atoms. The molecule has 100 valence electrons. The van der Waals surface area contributed by atoms with Crippen molar-refractivity contribution in [2.45, 2.75) is 6.92 Å². The van der Waals surface area contributed by atoms with Crippen LogP contribution in [-0.2, 0) is 4.79 Å².